The summed E-state index contributed by atoms with van der Waals surface area (Å²) < 4.78 is 41.2. The highest BCUT2D eigenvalue weighted by Gasteiger charge is 2.56. The zero-order chi connectivity index (χ0) is 16.7. The van der Waals surface area contributed by atoms with Gasteiger partial charge in [0.25, 0.3) is 5.91 Å². The van der Waals surface area contributed by atoms with E-state index in [9.17, 15) is 18.0 Å². The number of amides is 1. The monoisotopic (exact) mass is 327 g/mol. The van der Waals surface area contributed by atoms with E-state index >= 15 is 0 Å². The fourth-order valence-electron chi connectivity index (χ4n) is 2.80. The van der Waals surface area contributed by atoms with E-state index in [0.717, 1.165) is 0 Å². The van der Waals surface area contributed by atoms with Crippen molar-refractivity contribution in [2.45, 2.75) is 24.6 Å². The number of carbonyl (C=O) groups is 1. The second-order valence-electron chi connectivity index (χ2n) is 5.64. The highest BCUT2D eigenvalue weighted by atomic mass is 19.4. The van der Waals surface area contributed by atoms with Crippen molar-refractivity contribution in [1.29, 1.82) is 0 Å². The van der Waals surface area contributed by atoms with E-state index in [0.29, 0.717) is 17.6 Å². The van der Waals surface area contributed by atoms with Crippen LogP contribution in [-0.4, -0.2) is 40.3 Å². The van der Waals surface area contributed by atoms with Gasteiger partial charge in [-0.1, -0.05) is 0 Å². The topological polar surface area (TPSA) is 84.5 Å². The van der Waals surface area contributed by atoms with Crippen molar-refractivity contribution < 1.29 is 18.0 Å². The van der Waals surface area contributed by atoms with Crippen LogP contribution in [0.15, 0.2) is 24.5 Å². The van der Waals surface area contributed by atoms with Crippen molar-refractivity contribution in [2.75, 3.05) is 18.8 Å². The number of nitrogens with two attached hydrogens (primary N) is 1. The molecule has 0 saturated carbocycles. The molecule has 4 N–H and O–H groups in total. The summed E-state index contributed by atoms with van der Waals surface area (Å²) in [7, 11) is 0. The SMILES string of the molecule is Nc1ccn2ncc(C(=O)NCC3(C(F)(F)F)CCCN3)c2c1. The van der Waals surface area contributed by atoms with Crippen LogP contribution in [-0.2, 0) is 0 Å². The van der Waals surface area contributed by atoms with E-state index in [4.69, 9.17) is 5.73 Å². The number of rotatable bonds is 3. The van der Waals surface area contributed by atoms with E-state index in [1.54, 1.807) is 18.3 Å². The molecule has 1 aliphatic heterocycles. The Labute approximate surface area is 129 Å². The lowest BCUT2D eigenvalue weighted by Crippen LogP contribution is -2.59. The molecule has 0 aliphatic carbocycles. The number of nitrogens with one attached hydrogen (secondary N) is 2. The highest BCUT2D eigenvalue weighted by Crippen LogP contribution is 2.36. The number of fused-ring (bicyclic) bond motifs is 1. The number of carbonyl (C=O) groups excluding carboxylic acids is 1. The predicted molar refractivity (Wildman–Crippen MR) is 78.0 cm³/mol. The van der Waals surface area contributed by atoms with Crippen LogP contribution >= 0.6 is 0 Å². The Morgan fingerprint density at radius 1 is 1.52 bits per heavy atom. The van der Waals surface area contributed by atoms with Crippen molar-refractivity contribution in [1.82, 2.24) is 20.2 Å². The Bertz CT molecular complexity index is 734. The summed E-state index contributed by atoms with van der Waals surface area (Å²) >= 11 is 0. The van der Waals surface area contributed by atoms with Gasteiger partial charge >= 0.3 is 6.18 Å². The van der Waals surface area contributed by atoms with Gasteiger partial charge in [-0.25, -0.2) is 4.52 Å². The standard InChI is InChI=1S/C14H16F3N5O/c15-14(16,17)13(3-1-4-20-13)8-19-12(23)10-7-21-22-5-2-9(18)6-11(10)22/h2,5-7,20H,1,3-4,8,18H2,(H,19,23). The van der Waals surface area contributed by atoms with Gasteiger partial charge in [0.1, 0.15) is 5.54 Å². The molecule has 124 valence electrons. The first-order chi connectivity index (χ1) is 10.8. The average Bonchev–Trinajstić information content (AvgIpc) is 3.11. The summed E-state index contributed by atoms with van der Waals surface area (Å²) in [5, 5.41) is 8.84. The minimum Gasteiger partial charge on any atom is -0.399 e. The maximum atomic E-state index is 13.3. The molecule has 6 nitrogen and oxygen atoms in total. The molecule has 0 radical (unpaired) electrons. The summed E-state index contributed by atoms with van der Waals surface area (Å²) in [6.07, 6.45) is -1.17. The maximum absolute atomic E-state index is 13.3. The molecule has 1 atom stereocenters. The first-order valence-electron chi connectivity index (χ1n) is 7.15. The average molecular weight is 327 g/mol. The molecule has 1 aliphatic rings. The Balaban J connectivity index is 1.80. The highest BCUT2D eigenvalue weighted by molar-refractivity contribution is 6.01. The number of hydrogen-bond acceptors (Lipinski definition) is 4. The third kappa shape index (κ3) is 2.72. The second-order valence-corrected chi connectivity index (χ2v) is 5.64. The lowest BCUT2D eigenvalue weighted by atomic mass is 9.96. The fourth-order valence-corrected chi connectivity index (χ4v) is 2.80. The Kier molecular flexibility index (Phi) is 3.67. The third-order valence-electron chi connectivity index (χ3n) is 4.13. The van der Waals surface area contributed by atoms with E-state index in [-0.39, 0.29) is 18.5 Å². The van der Waals surface area contributed by atoms with Crippen LogP contribution in [0.5, 0.6) is 0 Å². The number of nitrogens with zero attached hydrogens (tertiary/aromatic N) is 2. The molecule has 1 unspecified atom stereocenters. The minimum absolute atomic E-state index is 0.0571. The summed E-state index contributed by atoms with van der Waals surface area (Å²) in [4.78, 5) is 12.3. The molecule has 0 aromatic carbocycles. The van der Waals surface area contributed by atoms with E-state index < -0.39 is 24.2 Å². The molecule has 1 fully saturated rings. The molecule has 2 aromatic heterocycles. The molecule has 9 heteroatoms. The molecule has 3 rings (SSSR count). The van der Waals surface area contributed by atoms with Crippen LogP contribution in [0, 0.1) is 0 Å². The van der Waals surface area contributed by atoms with Gasteiger partial charge < -0.3 is 16.4 Å². The third-order valence-corrected chi connectivity index (χ3v) is 4.13. The molecule has 2 aromatic rings. The van der Waals surface area contributed by atoms with Crippen molar-refractivity contribution in [3.8, 4) is 0 Å². The minimum atomic E-state index is -4.43. The Hall–Kier alpha value is -2.29. The molecule has 1 saturated heterocycles. The quantitative estimate of drug-likeness (QED) is 0.794. The van der Waals surface area contributed by atoms with Crippen LogP contribution in [0.2, 0.25) is 0 Å². The first-order valence-corrected chi connectivity index (χ1v) is 7.15. The van der Waals surface area contributed by atoms with Gasteiger partial charge in [0.15, 0.2) is 0 Å². The van der Waals surface area contributed by atoms with Crippen molar-refractivity contribution >= 4 is 17.1 Å². The summed E-state index contributed by atoms with van der Waals surface area (Å²) in [5.74, 6) is -0.608. The van der Waals surface area contributed by atoms with Crippen molar-refractivity contribution in [3.63, 3.8) is 0 Å². The van der Waals surface area contributed by atoms with Crippen LogP contribution < -0.4 is 16.4 Å². The zero-order valence-electron chi connectivity index (χ0n) is 12.2. The van der Waals surface area contributed by atoms with Crippen LogP contribution in [0.4, 0.5) is 18.9 Å². The number of aromatic nitrogens is 2. The lowest BCUT2D eigenvalue weighted by Gasteiger charge is -2.32. The van der Waals surface area contributed by atoms with Crippen LogP contribution in [0.1, 0.15) is 23.2 Å². The predicted octanol–water partition coefficient (Wildman–Crippen LogP) is 1.33. The molecule has 0 spiro atoms. The molecular formula is C14H16F3N5O. The van der Waals surface area contributed by atoms with Crippen molar-refractivity contribution in [3.05, 3.63) is 30.1 Å². The number of halogens is 3. The van der Waals surface area contributed by atoms with Gasteiger partial charge in [-0.2, -0.15) is 18.3 Å². The second kappa shape index (κ2) is 5.41. The number of alkyl halides is 3. The van der Waals surface area contributed by atoms with Crippen LogP contribution in [0.25, 0.3) is 5.52 Å². The van der Waals surface area contributed by atoms with Gasteiger partial charge in [-0.3, -0.25) is 4.79 Å². The number of hydrogen-bond donors (Lipinski definition) is 3. The largest absolute Gasteiger partial charge is 0.408 e. The van der Waals surface area contributed by atoms with E-state index in [1.165, 1.54) is 10.7 Å². The molecule has 23 heavy (non-hydrogen) atoms. The maximum Gasteiger partial charge on any atom is 0.408 e. The van der Waals surface area contributed by atoms with Gasteiger partial charge in [-0.05, 0) is 31.5 Å². The van der Waals surface area contributed by atoms with Gasteiger partial charge in [0.05, 0.1) is 17.3 Å². The number of nitrogen functional groups attached to an aromatic ring is 1. The number of anilines is 1. The molecule has 3 heterocycles. The number of pyridine rings is 1. The summed E-state index contributed by atoms with van der Waals surface area (Å²) in [6.45, 7) is -0.238. The zero-order valence-corrected chi connectivity index (χ0v) is 12.2. The van der Waals surface area contributed by atoms with Crippen molar-refractivity contribution in [2.24, 2.45) is 0 Å². The Morgan fingerprint density at radius 2 is 2.30 bits per heavy atom. The van der Waals surface area contributed by atoms with E-state index in [2.05, 4.69) is 15.7 Å². The van der Waals surface area contributed by atoms with Gasteiger partial charge in [-0.15, -0.1) is 0 Å². The summed E-state index contributed by atoms with van der Waals surface area (Å²) in [6, 6.07) is 3.16. The van der Waals surface area contributed by atoms with Gasteiger partial charge in [0.2, 0.25) is 0 Å². The van der Waals surface area contributed by atoms with Gasteiger partial charge in [0, 0.05) is 18.4 Å². The molecule has 0 bridgehead atoms. The smallest absolute Gasteiger partial charge is 0.399 e. The lowest BCUT2D eigenvalue weighted by molar-refractivity contribution is -0.190. The summed E-state index contributed by atoms with van der Waals surface area (Å²) in [5.41, 5.74) is 4.68. The molecule has 1 amide bonds. The van der Waals surface area contributed by atoms with Crippen LogP contribution in [0.3, 0.4) is 0 Å². The Morgan fingerprint density at radius 3 is 2.96 bits per heavy atom. The normalized spacial score (nSPS) is 21.7. The van der Waals surface area contributed by atoms with E-state index in [1.807, 2.05) is 0 Å². The molecular weight excluding hydrogens is 311 g/mol. The fraction of sp³-hybridized carbons (Fsp3) is 0.429. The first kappa shape index (κ1) is 15.6.